The van der Waals surface area contributed by atoms with Gasteiger partial charge in [-0.3, -0.25) is 0 Å². The number of hydrogen-bond donors (Lipinski definition) is 1. The third-order valence-corrected chi connectivity index (χ3v) is 2.34. The number of alkyl halides is 3. The van der Waals surface area contributed by atoms with Crippen molar-refractivity contribution in [3.8, 4) is 11.4 Å². The minimum Gasteiger partial charge on any atom is -0.329 e. The summed E-state index contributed by atoms with van der Waals surface area (Å²) in [6.07, 6.45) is -4.35. The summed E-state index contributed by atoms with van der Waals surface area (Å²) in [4.78, 5) is 0. The fraction of sp³-hybridized carbons (Fsp3) is 0.300. The van der Waals surface area contributed by atoms with Gasteiger partial charge in [-0.2, -0.15) is 13.2 Å². The van der Waals surface area contributed by atoms with Gasteiger partial charge in [0, 0.05) is 12.1 Å². The Bertz CT molecular complexity index is 517. The molecule has 0 unspecified atom stereocenters. The second-order valence-corrected chi connectivity index (χ2v) is 3.59. The molecule has 8 heteroatoms. The number of benzene rings is 1. The predicted octanol–water partition coefficient (Wildman–Crippen LogP) is 1.32. The van der Waals surface area contributed by atoms with E-state index in [1.807, 2.05) is 0 Å². The van der Waals surface area contributed by atoms with Crippen LogP contribution in [0.3, 0.4) is 0 Å². The van der Waals surface area contributed by atoms with Crippen LogP contribution in [-0.2, 0) is 12.7 Å². The Kier molecular flexibility index (Phi) is 3.28. The molecule has 18 heavy (non-hydrogen) atoms. The van der Waals surface area contributed by atoms with Crippen molar-refractivity contribution in [2.45, 2.75) is 12.7 Å². The second-order valence-electron chi connectivity index (χ2n) is 3.59. The fourth-order valence-corrected chi connectivity index (χ4v) is 1.49. The number of rotatable bonds is 3. The van der Waals surface area contributed by atoms with Crippen LogP contribution in [0.4, 0.5) is 13.2 Å². The quantitative estimate of drug-likeness (QED) is 0.900. The molecule has 0 radical (unpaired) electrons. The Balaban J connectivity index is 2.32. The highest BCUT2D eigenvalue weighted by Crippen LogP contribution is 2.30. The Labute approximate surface area is 100 Å². The van der Waals surface area contributed by atoms with Crippen LogP contribution in [-0.4, -0.2) is 26.8 Å². The van der Waals surface area contributed by atoms with E-state index in [9.17, 15) is 13.2 Å². The molecule has 0 amide bonds. The highest BCUT2D eigenvalue weighted by molar-refractivity contribution is 5.55. The minimum absolute atomic E-state index is 0.346. The van der Waals surface area contributed by atoms with Gasteiger partial charge in [-0.25, -0.2) is 4.68 Å². The van der Waals surface area contributed by atoms with E-state index in [-0.39, 0.29) is 0 Å². The first kappa shape index (κ1) is 12.5. The number of nitrogens with zero attached hydrogens (tertiary/aromatic N) is 4. The van der Waals surface area contributed by atoms with Crippen molar-refractivity contribution in [1.29, 1.82) is 0 Å². The number of halogens is 3. The van der Waals surface area contributed by atoms with Crippen LogP contribution in [0.25, 0.3) is 11.4 Å². The van der Waals surface area contributed by atoms with Gasteiger partial charge in [0.15, 0.2) is 5.82 Å². The molecule has 1 aromatic heterocycles. The summed E-state index contributed by atoms with van der Waals surface area (Å²) in [7, 11) is 0. The fourth-order valence-electron chi connectivity index (χ4n) is 1.49. The molecule has 0 saturated heterocycles. The van der Waals surface area contributed by atoms with E-state index in [0.29, 0.717) is 24.5 Å². The van der Waals surface area contributed by atoms with E-state index in [0.717, 1.165) is 12.1 Å². The van der Waals surface area contributed by atoms with Gasteiger partial charge in [0.05, 0.1) is 12.1 Å². The van der Waals surface area contributed by atoms with Crippen molar-refractivity contribution in [1.82, 2.24) is 20.2 Å². The summed E-state index contributed by atoms with van der Waals surface area (Å²) < 4.78 is 38.6. The maximum absolute atomic E-state index is 12.4. The lowest BCUT2D eigenvalue weighted by molar-refractivity contribution is -0.137. The average Bonchev–Trinajstić information content (AvgIpc) is 2.77. The largest absolute Gasteiger partial charge is 0.416 e. The highest BCUT2D eigenvalue weighted by Gasteiger charge is 2.30. The zero-order chi connectivity index (χ0) is 13.2. The van der Waals surface area contributed by atoms with Gasteiger partial charge in [-0.1, -0.05) is 12.1 Å². The topological polar surface area (TPSA) is 69.6 Å². The van der Waals surface area contributed by atoms with Gasteiger partial charge >= 0.3 is 6.18 Å². The normalized spacial score (nSPS) is 11.8. The first-order chi connectivity index (χ1) is 8.52. The molecule has 2 N–H and O–H groups in total. The summed E-state index contributed by atoms with van der Waals surface area (Å²) >= 11 is 0. The highest BCUT2D eigenvalue weighted by atomic mass is 19.4. The molecule has 0 aliphatic carbocycles. The standard InChI is InChI=1S/C10H10F3N5/c11-10(12,13)8-3-1-7(2-4-8)9-15-16-17-18(9)6-5-14/h1-4H,5-6,14H2. The zero-order valence-electron chi connectivity index (χ0n) is 9.22. The van der Waals surface area contributed by atoms with E-state index in [1.54, 1.807) is 0 Å². The Morgan fingerprint density at radius 3 is 2.39 bits per heavy atom. The first-order valence-electron chi connectivity index (χ1n) is 5.16. The molecule has 0 spiro atoms. The predicted molar refractivity (Wildman–Crippen MR) is 57.3 cm³/mol. The van der Waals surface area contributed by atoms with E-state index >= 15 is 0 Å². The third kappa shape index (κ3) is 2.48. The molecule has 0 aliphatic heterocycles. The molecule has 0 bridgehead atoms. The van der Waals surface area contributed by atoms with E-state index in [1.165, 1.54) is 16.8 Å². The van der Waals surface area contributed by atoms with E-state index < -0.39 is 11.7 Å². The van der Waals surface area contributed by atoms with Crippen LogP contribution < -0.4 is 5.73 Å². The van der Waals surface area contributed by atoms with Gasteiger partial charge in [0.25, 0.3) is 0 Å². The van der Waals surface area contributed by atoms with E-state index in [4.69, 9.17) is 5.73 Å². The van der Waals surface area contributed by atoms with Crippen molar-refractivity contribution in [3.63, 3.8) is 0 Å². The van der Waals surface area contributed by atoms with Crippen LogP contribution in [0.2, 0.25) is 0 Å². The molecule has 0 atom stereocenters. The summed E-state index contributed by atoms with van der Waals surface area (Å²) in [5.74, 6) is 0.397. The first-order valence-corrected chi connectivity index (χ1v) is 5.16. The summed E-state index contributed by atoms with van der Waals surface area (Å²) in [6.45, 7) is 0.752. The van der Waals surface area contributed by atoms with E-state index in [2.05, 4.69) is 15.5 Å². The smallest absolute Gasteiger partial charge is 0.329 e. The maximum Gasteiger partial charge on any atom is 0.416 e. The molecule has 1 aromatic carbocycles. The molecule has 2 rings (SSSR count). The molecule has 0 saturated carbocycles. The number of hydrogen-bond acceptors (Lipinski definition) is 4. The van der Waals surface area contributed by atoms with Crippen LogP contribution in [0, 0.1) is 0 Å². The van der Waals surface area contributed by atoms with Crippen molar-refractivity contribution < 1.29 is 13.2 Å². The lowest BCUT2D eigenvalue weighted by Gasteiger charge is -2.07. The summed E-state index contributed by atoms with van der Waals surface area (Å²) in [5, 5.41) is 10.9. The molecule has 2 aromatic rings. The molecule has 5 nitrogen and oxygen atoms in total. The van der Waals surface area contributed by atoms with Crippen LogP contribution >= 0.6 is 0 Å². The molecule has 0 aliphatic rings. The van der Waals surface area contributed by atoms with Crippen LogP contribution in [0.5, 0.6) is 0 Å². The maximum atomic E-state index is 12.4. The molecule has 96 valence electrons. The van der Waals surface area contributed by atoms with Crippen molar-refractivity contribution >= 4 is 0 Å². The lowest BCUT2D eigenvalue weighted by atomic mass is 10.1. The number of nitrogens with two attached hydrogens (primary N) is 1. The Hall–Kier alpha value is -1.96. The second kappa shape index (κ2) is 4.73. The number of tetrazole rings is 1. The molecule has 1 heterocycles. The molecule has 0 fully saturated rings. The summed E-state index contributed by atoms with van der Waals surface area (Å²) in [5.41, 5.74) is 5.19. The number of aromatic nitrogens is 4. The summed E-state index contributed by atoms with van der Waals surface area (Å²) in [6, 6.07) is 4.66. The zero-order valence-corrected chi connectivity index (χ0v) is 9.22. The monoisotopic (exact) mass is 257 g/mol. The van der Waals surface area contributed by atoms with Gasteiger partial charge < -0.3 is 5.73 Å². The van der Waals surface area contributed by atoms with Crippen LogP contribution in [0.1, 0.15) is 5.56 Å². The average molecular weight is 257 g/mol. The molecular formula is C10H10F3N5. The third-order valence-electron chi connectivity index (χ3n) is 2.34. The van der Waals surface area contributed by atoms with Crippen molar-refractivity contribution in [2.24, 2.45) is 5.73 Å². The van der Waals surface area contributed by atoms with Gasteiger partial charge in [-0.05, 0) is 22.6 Å². The van der Waals surface area contributed by atoms with Crippen LogP contribution in [0.15, 0.2) is 24.3 Å². The Morgan fingerprint density at radius 2 is 1.83 bits per heavy atom. The minimum atomic E-state index is -4.35. The van der Waals surface area contributed by atoms with Gasteiger partial charge in [0.2, 0.25) is 0 Å². The SMILES string of the molecule is NCCn1nnnc1-c1ccc(C(F)(F)F)cc1. The van der Waals surface area contributed by atoms with Crippen molar-refractivity contribution in [2.75, 3.05) is 6.54 Å². The lowest BCUT2D eigenvalue weighted by Crippen LogP contribution is -2.12. The van der Waals surface area contributed by atoms with Gasteiger partial charge in [0.1, 0.15) is 0 Å². The molecular weight excluding hydrogens is 247 g/mol. The Morgan fingerprint density at radius 1 is 1.17 bits per heavy atom. The van der Waals surface area contributed by atoms with Gasteiger partial charge in [-0.15, -0.1) is 5.10 Å². The van der Waals surface area contributed by atoms with Crippen molar-refractivity contribution in [3.05, 3.63) is 29.8 Å².